The summed E-state index contributed by atoms with van der Waals surface area (Å²) in [6.07, 6.45) is 0. The van der Waals surface area contributed by atoms with Crippen LogP contribution in [0, 0.1) is 10.1 Å². The zero-order valence-electron chi connectivity index (χ0n) is 13.7. The highest BCUT2D eigenvalue weighted by atomic mass is 32.2. The molecule has 0 radical (unpaired) electrons. The van der Waals surface area contributed by atoms with Gasteiger partial charge >= 0.3 is 0 Å². The van der Waals surface area contributed by atoms with Gasteiger partial charge in [-0.15, -0.1) is 0 Å². The molecule has 0 fully saturated rings. The number of anilines is 1. The predicted octanol–water partition coefficient (Wildman–Crippen LogP) is 1.31. The lowest BCUT2D eigenvalue weighted by Crippen LogP contribution is -2.22. The first-order chi connectivity index (χ1) is 12.1. The minimum absolute atomic E-state index is 0.178. The molecule has 12 heteroatoms. The van der Waals surface area contributed by atoms with Crippen molar-refractivity contribution in [2.75, 3.05) is 18.9 Å². The second-order valence-corrected chi connectivity index (χ2v) is 8.41. The Kier molecular flexibility index (Phi) is 5.49. The van der Waals surface area contributed by atoms with Gasteiger partial charge in [-0.3, -0.25) is 14.8 Å². The summed E-state index contributed by atoms with van der Waals surface area (Å²) in [6.45, 7) is 0. The van der Waals surface area contributed by atoms with Crippen molar-refractivity contribution in [1.29, 1.82) is 0 Å². The topological polar surface area (TPSA) is 145 Å². The third-order valence-electron chi connectivity index (χ3n) is 3.34. The van der Waals surface area contributed by atoms with Gasteiger partial charge in [-0.25, -0.2) is 21.6 Å². The van der Waals surface area contributed by atoms with Crippen molar-refractivity contribution in [1.82, 2.24) is 4.72 Å². The number of nitro benzene ring substituents is 1. The number of benzene rings is 2. The van der Waals surface area contributed by atoms with E-state index in [1.165, 1.54) is 31.3 Å². The fourth-order valence-electron chi connectivity index (χ4n) is 2.09. The van der Waals surface area contributed by atoms with Crippen LogP contribution in [0.2, 0.25) is 0 Å². The lowest BCUT2D eigenvalue weighted by atomic mass is 10.3. The number of nitro groups is 1. The number of hydrogen-bond acceptors (Lipinski definition) is 7. The second kappa shape index (κ2) is 7.27. The zero-order valence-corrected chi connectivity index (χ0v) is 15.3. The van der Waals surface area contributed by atoms with E-state index in [4.69, 9.17) is 4.74 Å². The lowest BCUT2D eigenvalue weighted by molar-refractivity contribution is -0.385. The van der Waals surface area contributed by atoms with Crippen LogP contribution in [0.25, 0.3) is 0 Å². The van der Waals surface area contributed by atoms with Crippen LogP contribution in [0.3, 0.4) is 0 Å². The largest absolute Gasteiger partial charge is 0.495 e. The number of nitrogens with zero attached hydrogens (tertiary/aromatic N) is 1. The standard InChI is InChI=1S/C14H15N3O7S2/c1-15-25(20,21)13-6-4-3-5-11(13)16-26(22,23)14-8-7-10(17(18)19)9-12(14)24-2/h3-9,15-16H,1-2H3. The highest BCUT2D eigenvalue weighted by Crippen LogP contribution is 2.31. The summed E-state index contributed by atoms with van der Waals surface area (Å²) in [5, 5.41) is 10.8. The molecule has 2 N–H and O–H groups in total. The third-order valence-corrected chi connectivity index (χ3v) is 6.21. The van der Waals surface area contributed by atoms with Crippen LogP contribution < -0.4 is 14.2 Å². The fraction of sp³-hybridized carbons (Fsp3) is 0.143. The molecule has 0 aliphatic heterocycles. The van der Waals surface area contributed by atoms with Crippen molar-refractivity contribution >= 4 is 31.4 Å². The molecular weight excluding hydrogens is 386 g/mol. The average molecular weight is 401 g/mol. The van der Waals surface area contributed by atoms with Crippen LogP contribution in [0.15, 0.2) is 52.3 Å². The van der Waals surface area contributed by atoms with Crippen LogP contribution in [0.4, 0.5) is 11.4 Å². The Hall–Kier alpha value is -2.70. The maximum Gasteiger partial charge on any atom is 0.273 e. The normalized spacial score (nSPS) is 11.8. The van der Waals surface area contributed by atoms with Gasteiger partial charge in [0.2, 0.25) is 10.0 Å². The number of ether oxygens (including phenoxy) is 1. The molecule has 2 aromatic carbocycles. The van der Waals surface area contributed by atoms with E-state index < -0.39 is 25.0 Å². The van der Waals surface area contributed by atoms with Crippen molar-refractivity contribution < 1.29 is 26.5 Å². The lowest BCUT2D eigenvalue weighted by Gasteiger charge is -2.14. The van der Waals surface area contributed by atoms with Gasteiger partial charge in [0.15, 0.2) is 0 Å². The number of rotatable bonds is 7. The van der Waals surface area contributed by atoms with Gasteiger partial charge in [0.05, 0.1) is 23.8 Å². The van der Waals surface area contributed by atoms with Crippen LogP contribution in [-0.2, 0) is 20.0 Å². The molecule has 0 unspecified atom stereocenters. The maximum absolute atomic E-state index is 12.7. The van der Waals surface area contributed by atoms with Gasteiger partial charge in [-0.1, -0.05) is 12.1 Å². The van der Waals surface area contributed by atoms with E-state index in [-0.39, 0.29) is 26.9 Å². The highest BCUT2D eigenvalue weighted by Gasteiger charge is 2.25. The Balaban J connectivity index is 2.53. The van der Waals surface area contributed by atoms with Crippen LogP contribution in [0.1, 0.15) is 0 Å². The molecule has 0 saturated carbocycles. The first kappa shape index (κ1) is 19.6. The summed E-state index contributed by atoms with van der Waals surface area (Å²) in [5.74, 6) is -0.249. The quantitative estimate of drug-likeness (QED) is 0.525. The van der Waals surface area contributed by atoms with E-state index >= 15 is 0 Å². The molecule has 0 amide bonds. The molecule has 0 bridgehead atoms. The molecule has 0 spiro atoms. The maximum atomic E-state index is 12.7. The summed E-state index contributed by atoms with van der Waals surface area (Å²) in [4.78, 5) is 9.48. The second-order valence-electron chi connectivity index (χ2n) is 4.90. The molecule has 2 aromatic rings. The Morgan fingerprint density at radius 1 is 1.00 bits per heavy atom. The number of sulfonamides is 2. The smallest absolute Gasteiger partial charge is 0.273 e. The predicted molar refractivity (Wildman–Crippen MR) is 93.1 cm³/mol. The molecule has 0 aliphatic carbocycles. The molecule has 0 atom stereocenters. The minimum Gasteiger partial charge on any atom is -0.495 e. The Labute approximate surface area is 150 Å². The van der Waals surface area contributed by atoms with Crippen molar-refractivity contribution in [2.24, 2.45) is 0 Å². The van der Waals surface area contributed by atoms with Crippen LogP contribution >= 0.6 is 0 Å². The molecule has 140 valence electrons. The Morgan fingerprint density at radius 2 is 1.65 bits per heavy atom. The number of hydrogen-bond donors (Lipinski definition) is 2. The highest BCUT2D eigenvalue weighted by molar-refractivity contribution is 7.93. The van der Waals surface area contributed by atoms with Crippen molar-refractivity contribution in [3.63, 3.8) is 0 Å². The number of para-hydroxylation sites is 1. The van der Waals surface area contributed by atoms with Gasteiger partial charge in [0, 0.05) is 6.07 Å². The van der Waals surface area contributed by atoms with Crippen molar-refractivity contribution in [3.05, 3.63) is 52.6 Å². The first-order valence-corrected chi connectivity index (χ1v) is 9.97. The molecular formula is C14H15N3O7S2. The number of non-ortho nitro benzene ring substituents is 1. The fourth-order valence-corrected chi connectivity index (χ4v) is 4.27. The zero-order chi connectivity index (χ0) is 19.5. The van der Waals surface area contributed by atoms with Gasteiger partial charge in [0.1, 0.15) is 15.5 Å². The first-order valence-electron chi connectivity index (χ1n) is 7.00. The van der Waals surface area contributed by atoms with E-state index in [1.807, 2.05) is 0 Å². The van der Waals surface area contributed by atoms with E-state index in [9.17, 15) is 26.9 Å². The molecule has 2 rings (SSSR count). The molecule has 0 aromatic heterocycles. The van der Waals surface area contributed by atoms with Crippen LogP contribution in [-0.4, -0.2) is 35.9 Å². The monoisotopic (exact) mass is 401 g/mol. The molecule has 0 aliphatic rings. The molecule has 10 nitrogen and oxygen atoms in total. The van der Waals surface area contributed by atoms with Gasteiger partial charge < -0.3 is 4.74 Å². The number of methoxy groups -OCH3 is 1. The minimum atomic E-state index is -4.28. The summed E-state index contributed by atoms with van der Waals surface area (Å²) < 4.78 is 58.6. The molecule has 0 heterocycles. The Morgan fingerprint density at radius 3 is 2.23 bits per heavy atom. The van der Waals surface area contributed by atoms with Crippen molar-refractivity contribution in [3.8, 4) is 5.75 Å². The van der Waals surface area contributed by atoms with E-state index in [2.05, 4.69) is 9.44 Å². The molecule has 26 heavy (non-hydrogen) atoms. The number of nitrogens with one attached hydrogen (secondary N) is 2. The summed E-state index contributed by atoms with van der Waals surface area (Å²) in [5.41, 5.74) is -0.527. The van der Waals surface area contributed by atoms with Gasteiger partial charge in [0.25, 0.3) is 15.7 Å². The average Bonchev–Trinajstić information content (AvgIpc) is 2.61. The van der Waals surface area contributed by atoms with E-state index in [1.54, 1.807) is 0 Å². The third kappa shape index (κ3) is 3.92. The van der Waals surface area contributed by atoms with Crippen LogP contribution in [0.5, 0.6) is 5.75 Å². The summed E-state index contributed by atoms with van der Waals surface area (Å²) in [6, 6.07) is 8.39. The van der Waals surface area contributed by atoms with E-state index in [0.717, 1.165) is 25.3 Å². The Bertz CT molecular complexity index is 1050. The van der Waals surface area contributed by atoms with E-state index in [0.29, 0.717) is 0 Å². The summed E-state index contributed by atoms with van der Waals surface area (Å²) in [7, 11) is -5.84. The molecule has 0 saturated heterocycles. The summed E-state index contributed by atoms with van der Waals surface area (Å²) >= 11 is 0. The van der Waals surface area contributed by atoms with Gasteiger partial charge in [-0.05, 0) is 25.2 Å². The van der Waals surface area contributed by atoms with Gasteiger partial charge in [-0.2, -0.15) is 0 Å². The van der Waals surface area contributed by atoms with Crippen molar-refractivity contribution in [2.45, 2.75) is 9.79 Å². The SMILES string of the molecule is CNS(=O)(=O)c1ccccc1NS(=O)(=O)c1ccc([N+](=O)[O-])cc1OC.